The van der Waals surface area contributed by atoms with E-state index >= 15 is 0 Å². The Kier molecular flexibility index (Phi) is 1.67. The van der Waals surface area contributed by atoms with Gasteiger partial charge in [0.15, 0.2) is 0 Å². The van der Waals surface area contributed by atoms with Gasteiger partial charge in [0.25, 0.3) is 0 Å². The van der Waals surface area contributed by atoms with Crippen LogP contribution in [0.4, 0.5) is 5.82 Å². The van der Waals surface area contributed by atoms with Gasteiger partial charge in [-0.15, -0.1) is 0 Å². The van der Waals surface area contributed by atoms with Gasteiger partial charge in [0.2, 0.25) is 0 Å². The van der Waals surface area contributed by atoms with Gasteiger partial charge in [0.05, 0.1) is 0 Å². The minimum Gasteiger partial charge on any atom is -0.402 e. The fraction of sp³-hybridized carbons (Fsp3) is 0.143. The SMILES string of the molecule is C/C(N)=C/c1cc[nH]c1N. The van der Waals surface area contributed by atoms with Gasteiger partial charge >= 0.3 is 0 Å². The van der Waals surface area contributed by atoms with Gasteiger partial charge in [-0.05, 0) is 19.1 Å². The van der Waals surface area contributed by atoms with Crippen LogP contribution in [0.2, 0.25) is 0 Å². The molecule has 5 N–H and O–H groups in total. The van der Waals surface area contributed by atoms with Gasteiger partial charge in [-0.3, -0.25) is 0 Å². The number of allylic oxidation sites excluding steroid dienone is 1. The normalized spacial score (nSPS) is 11.9. The van der Waals surface area contributed by atoms with Crippen LogP contribution in [0, 0.1) is 0 Å². The van der Waals surface area contributed by atoms with Crippen LogP contribution in [0.1, 0.15) is 12.5 Å². The average molecular weight is 137 g/mol. The Morgan fingerprint density at radius 3 is 2.80 bits per heavy atom. The molecule has 1 heterocycles. The van der Waals surface area contributed by atoms with Crippen molar-refractivity contribution < 1.29 is 0 Å². The quantitative estimate of drug-likeness (QED) is 0.538. The second kappa shape index (κ2) is 2.47. The van der Waals surface area contributed by atoms with Crippen LogP contribution in [-0.2, 0) is 0 Å². The first-order valence-corrected chi connectivity index (χ1v) is 3.07. The van der Waals surface area contributed by atoms with Crippen molar-refractivity contribution in [3.63, 3.8) is 0 Å². The molecular weight excluding hydrogens is 126 g/mol. The number of hydrogen-bond donors (Lipinski definition) is 3. The number of H-pyrrole nitrogens is 1. The van der Waals surface area contributed by atoms with Crippen LogP contribution in [-0.4, -0.2) is 4.98 Å². The molecule has 54 valence electrons. The number of anilines is 1. The number of nitrogens with two attached hydrogens (primary N) is 2. The summed E-state index contributed by atoms with van der Waals surface area (Å²) in [6.07, 6.45) is 3.61. The number of rotatable bonds is 1. The van der Waals surface area contributed by atoms with Crippen LogP contribution >= 0.6 is 0 Å². The maximum atomic E-state index is 5.53. The summed E-state index contributed by atoms with van der Waals surface area (Å²) in [4.78, 5) is 2.85. The van der Waals surface area contributed by atoms with Crippen molar-refractivity contribution in [2.75, 3.05) is 5.73 Å². The lowest BCUT2D eigenvalue weighted by Gasteiger charge is -1.91. The molecule has 10 heavy (non-hydrogen) atoms. The number of hydrogen-bond acceptors (Lipinski definition) is 2. The predicted molar refractivity (Wildman–Crippen MR) is 43.0 cm³/mol. The second-order valence-corrected chi connectivity index (χ2v) is 2.24. The Labute approximate surface area is 59.7 Å². The summed E-state index contributed by atoms with van der Waals surface area (Å²) >= 11 is 0. The van der Waals surface area contributed by atoms with E-state index in [9.17, 15) is 0 Å². The van der Waals surface area contributed by atoms with E-state index < -0.39 is 0 Å². The smallest absolute Gasteiger partial charge is 0.108 e. The molecule has 0 amide bonds. The molecule has 1 aromatic rings. The lowest BCUT2D eigenvalue weighted by molar-refractivity contribution is 1.34. The van der Waals surface area contributed by atoms with Crippen molar-refractivity contribution in [1.82, 2.24) is 4.98 Å². The molecule has 0 spiro atoms. The molecule has 0 saturated heterocycles. The second-order valence-electron chi connectivity index (χ2n) is 2.24. The molecule has 3 heteroatoms. The summed E-state index contributed by atoms with van der Waals surface area (Å²) in [5.41, 5.74) is 12.7. The van der Waals surface area contributed by atoms with E-state index in [1.165, 1.54) is 0 Å². The Hall–Kier alpha value is -1.38. The van der Waals surface area contributed by atoms with E-state index in [4.69, 9.17) is 11.5 Å². The minimum atomic E-state index is 0.657. The maximum Gasteiger partial charge on any atom is 0.108 e. The van der Waals surface area contributed by atoms with Crippen LogP contribution < -0.4 is 11.5 Å². The van der Waals surface area contributed by atoms with Gasteiger partial charge in [0.1, 0.15) is 5.82 Å². The molecule has 0 aliphatic carbocycles. The first-order chi connectivity index (χ1) is 4.70. The topological polar surface area (TPSA) is 67.8 Å². The summed E-state index contributed by atoms with van der Waals surface area (Å²) in [5, 5.41) is 0. The molecule has 1 rings (SSSR count). The highest BCUT2D eigenvalue weighted by molar-refractivity contribution is 5.62. The van der Waals surface area contributed by atoms with Crippen molar-refractivity contribution in [2.24, 2.45) is 5.73 Å². The van der Waals surface area contributed by atoms with Gasteiger partial charge < -0.3 is 16.5 Å². The Bertz CT molecular complexity index is 243. The molecule has 3 nitrogen and oxygen atoms in total. The van der Waals surface area contributed by atoms with Crippen molar-refractivity contribution in [3.05, 3.63) is 23.5 Å². The fourth-order valence-corrected chi connectivity index (χ4v) is 0.765. The van der Waals surface area contributed by atoms with E-state index in [1.807, 2.05) is 19.1 Å². The zero-order valence-corrected chi connectivity index (χ0v) is 5.89. The highest BCUT2D eigenvalue weighted by Gasteiger charge is 1.93. The van der Waals surface area contributed by atoms with Crippen molar-refractivity contribution in [3.8, 4) is 0 Å². The molecule has 0 aromatic carbocycles. The van der Waals surface area contributed by atoms with E-state index in [-0.39, 0.29) is 0 Å². The molecule has 0 radical (unpaired) electrons. The monoisotopic (exact) mass is 137 g/mol. The first-order valence-electron chi connectivity index (χ1n) is 3.07. The Morgan fingerprint density at radius 2 is 2.40 bits per heavy atom. The minimum absolute atomic E-state index is 0.657. The van der Waals surface area contributed by atoms with Crippen LogP contribution in [0.15, 0.2) is 18.0 Å². The number of aromatic amines is 1. The van der Waals surface area contributed by atoms with Crippen LogP contribution in [0.5, 0.6) is 0 Å². The largest absolute Gasteiger partial charge is 0.402 e. The highest BCUT2D eigenvalue weighted by Crippen LogP contribution is 2.10. The van der Waals surface area contributed by atoms with Crippen molar-refractivity contribution in [1.29, 1.82) is 0 Å². The standard InChI is InChI=1S/C7H11N3/c1-5(8)4-6-2-3-10-7(6)9/h2-4,10H,8-9H2,1H3/b5-4-. The zero-order valence-electron chi connectivity index (χ0n) is 5.89. The molecule has 0 aliphatic heterocycles. The fourth-order valence-electron chi connectivity index (χ4n) is 0.765. The molecule has 0 atom stereocenters. The molecule has 0 fully saturated rings. The third-order valence-electron chi connectivity index (χ3n) is 1.20. The van der Waals surface area contributed by atoms with Gasteiger partial charge in [-0.1, -0.05) is 0 Å². The summed E-state index contributed by atoms with van der Waals surface area (Å²) in [7, 11) is 0. The predicted octanol–water partition coefficient (Wildman–Crippen LogP) is 0.916. The lowest BCUT2D eigenvalue weighted by Crippen LogP contribution is -1.91. The Balaban J connectivity index is 2.95. The Morgan fingerprint density at radius 1 is 1.70 bits per heavy atom. The highest BCUT2D eigenvalue weighted by atomic mass is 14.8. The van der Waals surface area contributed by atoms with Crippen LogP contribution in [0.25, 0.3) is 6.08 Å². The molecule has 0 bridgehead atoms. The van der Waals surface area contributed by atoms with E-state index in [1.54, 1.807) is 6.20 Å². The van der Waals surface area contributed by atoms with Gasteiger partial charge in [-0.2, -0.15) is 0 Å². The average Bonchev–Trinajstić information content (AvgIpc) is 2.15. The molecular formula is C7H11N3. The molecule has 0 aliphatic rings. The van der Waals surface area contributed by atoms with Crippen LogP contribution in [0.3, 0.4) is 0 Å². The van der Waals surface area contributed by atoms with Crippen molar-refractivity contribution >= 4 is 11.9 Å². The molecule has 0 unspecified atom stereocenters. The first kappa shape index (κ1) is 6.74. The van der Waals surface area contributed by atoms with Crippen molar-refractivity contribution in [2.45, 2.75) is 6.92 Å². The summed E-state index contributed by atoms with van der Waals surface area (Å²) in [6.45, 7) is 1.83. The van der Waals surface area contributed by atoms with Gasteiger partial charge in [0, 0.05) is 17.5 Å². The number of nitrogen functional groups attached to an aromatic ring is 1. The third-order valence-corrected chi connectivity index (χ3v) is 1.20. The zero-order chi connectivity index (χ0) is 7.56. The van der Waals surface area contributed by atoms with E-state index in [0.29, 0.717) is 5.82 Å². The molecule has 0 saturated carbocycles. The molecule has 1 aromatic heterocycles. The summed E-state index contributed by atoms with van der Waals surface area (Å²) in [6, 6.07) is 1.88. The van der Waals surface area contributed by atoms with E-state index in [2.05, 4.69) is 4.98 Å². The third kappa shape index (κ3) is 1.31. The maximum absolute atomic E-state index is 5.53. The van der Waals surface area contributed by atoms with E-state index in [0.717, 1.165) is 11.3 Å². The van der Waals surface area contributed by atoms with Gasteiger partial charge in [-0.25, -0.2) is 0 Å². The number of nitrogens with one attached hydrogen (secondary N) is 1. The number of aromatic nitrogens is 1. The summed E-state index contributed by atoms with van der Waals surface area (Å²) in [5.74, 6) is 0.657. The lowest BCUT2D eigenvalue weighted by atomic mass is 10.3. The summed E-state index contributed by atoms with van der Waals surface area (Å²) < 4.78 is 0.